The Bertz CT molecular complexity index is 471. The lowest BCUT2D eigenvalue weighted by Gasteiger charge is -2.15. The quantitative estimate of drug-likeness (QED) is 0.772. The highest BCUT2D eigenvalue weighted by atomic mass is 32.2. The molecule has 20 heavy (non-hydrogen) atoms. The van der Waals surface area contributed by atoms with E-state index in [0.29, 0.717) is 5.75 Å². The Balaban J connectivity index is 1.80. The van der Waals surface area contributed by atoms with Gasteiger partial charge in [-0.2, -0.15) is 11.8 Å². The van der Waals surface area contributed by atoms with E-state index < -0.39 is 12.1 Å². The number of benzene rings is 1. The molecule has 5 heteroatoms. The smallest absolute Gasteiger partial charge is 0.303 e. The molecule has 1 aliphatic rings. The summed E-state index contributed by atoms with van der Waals surface area (Å²) in [6.07, 6.45) is 1.67. The number of hydrogen-bond acceptors (Lipinski definition) is 4. The first-order valence-electron chi connectivity index (χ1n) is 6.66. The average Bonchev–Trinajstić information content (AvgIpc) is 3.17. The molecule has 0 spiro atoms. The van der Waals surface area contributed by atoms with Gasteiger partial charge in [-0.15, -0.1) is 0 Å². The van der Waals surface area contributed by atoms with Crippen LogP contribution >= 0.6 is 11.8 Å². The zero-order valence-corrected chi connectivity index (χ0v) is 12.4. The molecule has 1 aromatic carbocycles. The second kappa shape index (κ2) is 6.50. The molecule has 110 valence electrons. The summed E-state index contributed by atoms with van der Waals surface area (Å²) < 4.78 is 5.13. The molecular weight excluding hydrogens is 276 g/mol. The van der Waals surface area contributed by atoms with Gasteiger partial charge in [-0.1, -0.05) is 12.1 Å². The van der Waals surface area contributed by atoms with Crippen LogP contribution in [-0.4, -0.2) is 34.8 Å². The molecule has 1 aliphatic carbocycles. The number of ether oxygens (including phenoxy) is 1. The van der Waals surface area contributed by atoms with Crippen molar-refractivity contribution in [3.63, 3.8) is 0 Å². The van der Waals surface area contributed by atoms with E-state index in [2.05, 4.69) is 0 Å². The van der Waals surface area contributed by atoms with Gasteiger partial charge in [0.2, 0.25) is 0 Å². The summed E-state index contributed by atoms with van der Waals surface area (Å²) in [6.45, 7) is 0. The van der Waals surface area contributed by atoms with Crippen LogP contribution in [0.4, 0.5) is 0 Å². The van der Waals surface area contributed by atoms with Crippen molar-refractivity contribution in [1.82, 2.24) is 0 Å². The predicted octanol–water partition coefficient (Wildman–Crippen LogP) is 2.72. The van der Waals surface area contributed by atoms with Crippen LogP contribution in [0.1, 0.15) is 30.9 Å². The third kappa shape index (κ3) is 4.15. The highest BCUT2D eigenvalue weighted by Crippen LogP contribution is 2.51. The first kappa shape index (κ1) is 15.2. The van der Waals surface area contributed by atoms with Crippen molar-refractivity contribution >= 4 is 17.7 Å². The lowest BCUT2D eigenvalue weighted by molar-refractivity contribution is -0.138. The molecule has 2 rings (SSSR count). The SMILES string of the molecule is COc1cccc(C(O)CSCC2(CC(=O)O)CC2)c1. The maximum atomic E-state index is 10.8. The minimum Gasteiger partial charge on any atom is -0.497 e. The standard InChI is InChI=1S/C15H20O4S/c1-19-12-4-2-3-11(7-12)13(16)9-20-10-15(5-6-15)8-14(17)18/h2-4,7,13,16H,5-6,8-10H2,1H3,(H,17,18). The number of carboxylic acids is 1. The zero-order chi connectivity index (χ0) is 14.6. The van der Waals surface area contributed by atoms with E-state index in [-0.39, 0.29) is 11.8 Å². The lowest BCUT2D eigenvalue weighted by atomic mass is 10.1. The molecule has 0 saturated heterocycles. The van der Waals surface area contributed by atoms with Gasteiger partial charge in [0.1, 0.15) is 5.75 Å². The summed E-state index contributed by atoms with van der Waals surface area (Å²) in [6, 6.07) is 7.40. The monoisotopic (exact) mass is 296 g/mol. The van der Waals surface area contributed by atoms with Crippen molar-refractivity contribution in [2.75, 3.05) is 18.6 Å². The Hall–Kier alpha value is -1.20. The van der Waals surface area contributed by atoms with E-state index in [9.17, 15) is 9.90 Å². The maximum absolute atomic E-state index is 10.8. The van der Waals surface area contributed by atoms with Crippen molar-refractivity contribution in [2.45, 2.75) is 25.4 Å². The van der Waals surface area contributed by atoms with E-state index >= 15 is 0 Å². The van der Waals surface area contributed by atoms with E-state index in [1.54, 1.807) is 18.9 Å². The number of hydrogen-bond donors (Lipinski definition) is 2. The average molecular weight is 296 g/mol. The van der Waals surface area contributed by atoms with Crippen LogP contribution in [0, 0.1) is 5.41 Å². The second-order valence-electron chi connectivity index (χ2n) is 5.38. The fourth-order valence-electron chi connectivity index (χ4n) is 2.20. The normalized spacial score (nSPS) is 17.5. The van der Waals surface area contributed by atoms with Gasteiger partial charge in [0.05, 0.1) is 19.6 Å². The Morgan fingerprint density at radius 3 is 2.85 bits per heavy atom. The van der Waals surface area contributed by atoms with Crippen molar-refractivity contribution in [1.29, 1.82) is 0 Å². The summed E-state index contributed by atoms with van der Waals surface area (Å²) in [5.74, 6) is 1.39. The molecule has 0 aliphatic heterocycles. The number of aliphatic hydroxyl groups is 1. The van der Waals surface area contributed by atoms with Crippen LogP contribution in [0.15, 0.2) is 24.3 Å². The minimum atomic E-state index is -0.726. The van der Waals surface area contributed by atoms with Crippen molar-refractivity contribution in [2.24, 2.45) is 5.41 Å². The first-order valence-corrected chi connectivity index (χ1v) is 7.82. The Morgan fingerprint density at radius 1 is 1.50 bits per heavy atom. The van der Waals surface area contributed by atoms with Gasteiger partial charge in [0, 0.05) is 5.75 Å². The molecule has 1 atom stereocenters. The van der Waals surface area contributed by atoms with E-state index in [4.69, 9.17) is 9.84 Å². The summed E-state index contributed by atoms with van der Waals surface area (Å²) in [7, 11) is 1.60. The number of aliphatic hydroxyl groups excluding tert-OH is 1. The Labute approximate surface area is 123 Å². The second-order valence-corrected chi connectivity index (χ2v) is 6.41. The molecule has 4 nitrogen and oxygen atoms in total. The van der Waals surface area contributed by atoms with Gasteiger partial charge < -0.3 is 14.9 Å². The van der Waals surface area contributed by atoms with Crippen LogP contribution in [-0.2, 0) is 4.79 Å². The molecule has 0 bridgehead atoms. The number of aliphatic carboxylic acids is 1. The van der Waals surface area contributed by atoms with E-state index in [1.165, 1.54) is 0 Å². The summed E-state index contributed by atoms with van der Waals surface area (Å²) in [5.41, 5.74) is 0.810. The predicted molar refractivity (Wildman–Crippen MR) is 79.2 cm³/mol. The minimum absolute atomic E-state index is 0.0232. The molecule has 0 amide bonds. The summed E-state index contributed by atoms with van der Waals surface area (Å²) in [4.78, 5) is 10.8. The summed E-state index contributed by atoms with van der Waals surface area (Å²) >= 11 is 1.63. The van der Waals surface area contributed by atoms with Gasteiger partial charge in [-0.05, 0) is 41.7 Å². The number of methoxy groups -OCH3 is 1. The molecule has 1 unspecified atom stereocenters. The molecule has 0 radical (unpaired) electrons. The Kier molecular flexibility index (Phi) is 4.94. The molecule has 2 N–H and O–H groups in total. The maximum Gasteiger partial charge on any atom is 0.303 e. The zero-order valence-electron chi connectivity index (χ0n) is 11.5. The van der Waals surface area contributed by atoms with Gasteiger partial charge in [0.25, 0.3) is 0 Å². The fraction of sp³-hybridized carbons (Fsp3) is 0.533. The van der Waals surface area contributed by atoms with Gasteiger partial charge >= 0.3 is 5.97 Å². The number of carbonyl (C=O) groups is 1. The molecule has 1 fully saturated rings. The largest absolute Gasteiger partial charge is 0.497 e. The van der Waals surface area contributed by atoms with E-state index in [1.807, 2.05) is 24.3 Å². The molecule has 0 aromatic heterocycles. The third-order valence-electron chi connectivity index (χ3n) is 3.65. The van der Waals surface area contributed by atoms with Crippen LogP contribution in [0.5, 0.6) is 5.75 Å². The Morgan fingerprint density at radius 2 is 2.25 bits per heavy atom. The third-order valence-corrected chi connectivity index (χ3v) is 5.01. The van der Waals surface area contributed by atoms with Crippen LogP contribution in [0.25, 0.3) is 0 Å². The highest BCUT2D eigenvalue weighted by molar-refractivity contribution is 7.99. The number of carboxylic acid groups (broad SMARTS) is 1. The molecule has 0 heterocycles. The highest BCUT2D eigenvalue weighted by Gasteiger charge is 2.44. The van der Waals surface area contributed by atoms with Crippen molar-refractivity contribution in [3.8, 4) is 5.75 Å². The summed E-state index contributed by atoms with van der Waals surface area (Å²) in [5, 5.41) is 19.0. The topological polar surface area (TPSA) is 66.8 Å². The van der Waals surface area contributed by atoms with E-state index in [0.717, 1.165) is 29.9 Å². The van der Waals surface area contributed by atoms with Crippen molar-refractivity contribution in [3.05, 3.63) is 29.8 Å². The van der Waals surface area contributed by atoms with Crippen LogP contribution in [0.3, 0.4) is 0 Å². The number of thioether (sulfide) groups is 1. The molecule has 1 saturated carbocycles. The molecule has 1 aromatic rings. The lowest BCUT2D eigenvalue weighted by Crippen LogP contribution is -2.12. The van der Waals surface area contributed by atoms with Gasteiger partial charge in [-0.25, -0.2) is 0 Å². The number of rotatable bonds is 8. The van der Waals surface area contributed by atoms with Crippen LogP contribution in [0.2, 0.25) is 0 Å². The van der Waals surface area contributed by atoms with Crippen LogP contribution < -0.4 is 4.74 Å². The van der Waals surface area contributed by atoms with Crippen molar-refractivity contribution < 1.29 is 19.7 Å². The van der Waals surface area contributed by atoms with Gasteiger partial charge in [-0.3, -0.25) is 4.79 Å². The fourth-order valence-corrected chi connectivity index (χ4v) is 3.56. The molecular formula is C15H20O4S. The van der Waals surface area contributed by atoms with Gasteiger partial charge in [0.15, 0.2) is 0 Å². The first-order chi connectivity index (χ1) is 9.54.